The van der Waals surface area contributed by atoms with Crippen molar-refractivity contribution >= 4 is 23.9 Å². The van der Waals surface area contributed by atoms with Gasteiger partial charge in [-0.05, 0) is 26.7 Å². The lowest BCUT2D eigenvalue weighted by atomic mass is 9.96. The molecule has 0 atom stereocenters. The maximum Gasteiger partial charge on any atom is 0.368 e. The van der Waals surface area contributed by atoms with Gasteiger partial charge in [0.1, 0.15) is 13.2 Å². The molecule has 0 amide bonds. The number of hydrogen-bond donors (Lipinski definition) is 0. The van der Waals surface area contributed by atoms with Crippen LogP contribution in [0.2, 0.25) is 0 Å². The summed E-state index contributed by atoms with van der Waals surface area (Å²) in [6.45, 7) is 17.3. The molecule has 34 heavy (non-hydrogen) atoms. The summed E-state index contributed by atoms with van der Waals surface area (Å²) < 4.78 is 10.5. The van der Waals surface area contributed by atoms with Gasteiger partial charge in [-0.3, -0.25) is 19.4 Å². The number of unbranched alkanes of at least 4 members (excludes halogenated alkanes) is 1. The summed E-state index contributed by atoms with van der Waals surface area (Å²) in [5.41, 5.74) is -0.692. The van der Waals surface area contributed by atoms with Crippen LogP contribution in [0.25, 0.3) is 0 Å². The lowest BCUT2D eigenvalue weighted by Crippen LogP contribution is -2.28. The van der Waals surface area contributed by atoms with Gasteiger partial charge in [0.15, 0.2) is 0 Å². The second kappa shape index (κ2) is 15.2. The van der Waals surface area contributed by atoms with E-state index >= 15 is 0 Å². The molecule has 0 saturated heterocycles. The van der Waals surface area contributed by atoms with Crippen LogP contribution in [-0.4, -0.2) is 50.3 Å². The summed E-state index contributed by atoms with van der Waals surface area (Å²) in [6.07, 6.45) is 1.24. The molecule has 10 heteroatoms. The summed E-state index contributed by atoms with van der Waals surface area (Å²) >= 11 is 0. The molecule has 0 heterocycles. The minimum Gasteiger partial charge on any atom is -0.465 e. The van der Waals surface area contributed by atoms with Crippen molar-refractivity contribution in [2.45, 2.75) is 67.2 Å². The molecule has 0 rings (SSSR count). The van der Waals surface area contributed by atoms with Gasteiger partial charge < -0.3 is 9.47 Å². The molecule has 0 aromatic rings. The van der Waals surface area contributed by atoms with Crippen molar-refractivity contribution in [2.24, 2.45) is 10.8 Å². The monoisotopic (exact) mass is 486 g/mol. The first-order valence-corrected chi connectivity index (χ1v) is 10.9. The average Bonchev–Trinajstić information content (AvgIpc) is 2.73. The third-order valence-corrected chi connectivity index (χ3v) is 4.13. The number of esters is 2. The minimum absolute atomic E-state index is 0.0445. The van der Waals surface area contributed by atoms with Gasteiger partial charge in [-0.15, -0.1) is 0 Å². The Hall–Kier alpha value is -2.72. The smallest absolute Gasteiger partial charge is 0.368 e. The fourth-order valence-electron chi connectivity index (χ4n) is 1.95. The number of rotatable bonds is 17. The van der Waals surface area contributed by atoms with Crippen molar-refractivity contribution in [1.29, 1.82) is 0 Å². The SMILES string of the molecule is C=C(C)C(=O)OOCC(C)(C)COC(=O)CCCCC(=O)OCC(C)(C)COOC(=O)C(=C)C. The molecule has 0 radical (unpaired) electrons. The first-order chi connectivity index (χ1) is 15.6. The lowest BCUT2D eigenvalue weighted by molar-refractivity contribution is -0.282. The van der Waals surface area contributed by atoms with Gasteiger partial charge in [0.2, 0.25) is 0 Å². The van der Waals surface area contributed by atoms with Gasteiger partial charge in [0.25, 0.3) is 0 Å². The summed E-state index contributed by atoms with van der Waals surface area (Å²) in [5, 5.41) is 0. The van der Waals surface area contributed by atoms with Gasteiger partial charge in [0, 0.05) is 34.8 Å². The number of ether oxygens (including phenoxy) is 2. The third-order valence-electron chi connectivity index (χ3n) is 4.13. The summed E-state index contributed by atoms with van der Waals surface area (Å²) in [5.74, 6) is -2.12. The molecule has 0 spiro atoms. The van der Waals surface area contributed by atoms with Crippen LogP contribution in [0, 0.1) is 10.8 Å². The molecule has 10 nitrogen and oxygen atoms in total. The number of hydrogen-bond acceptors (Lipinski definition) is 10. The Bertz CT molecular complexity index is 674. The Kier molecular flexibility index (Phi) is 14.0. The van der Waals surface area contributed by atoms with Crippen LogP contribution < -0.4 is 0 Å². The van der Waals surface area contributed by atoms with Crippen LogP contribution in [0.1, 0.15) is 67.2 Å². The molecule has 0 aromatic heterocycles. The van der Waals surface area contributed by atoms with Crippen molar-refractivity contribution in [2.75, 3.05) is 26.4 Å². The van der Waals surface area contributed by atoms with E-state index in [0.717, 1.165) is 0 Å². The maximum atomic E-state index is 11.9. The summed E-state index contributed by atoms with van der Waals surface area (Å²) in [6, 6.07) is 0. The zero-order valence-electron chi connectivity index (χ0n) is 21.2. The topological polar surface area (TPSA) is 124 Å². The molecule has 0 aliphatic rings. The van der Waals surface area contributed by atoms with Crippen molar-refractivity contribution < 1.29 is 48.2 Å². The van der Waals surface area contributed by atoms with Crippen molar-refractivity contribution in [3.63, 3.8) is 0 Å². The molecule has 0 saturated carbocycles. The first-order valence-electron chi connectivity index (χ1n) is 10.9. The molecule has 0 fully saturated rings. The fourth-order valence-corrected chi connectivity index (χ4v) is 1.95. The van der Waals surface area contributed by atoms with E-state index in [1.165, 1.54) is 13.8 Å². The molecular formula is C24H38O10. The van der Waals surface area contributed by atoms with E-state index in [1.807, 2.05) is 0 Å². The predicted octanol–water partition coefficient (Wildman–Crippen LogP) is 3.79. The fraction of sp³-hybridized carbons (Fsp3) is 0.667. The molecule has 0 aromatic carbocycles. The van der Waals surface area contributed by atoms with Crippen LogP contribution >= 0.6 is 0 Å². The Labute approximate surface area is 201 Å². The standard InChI is InChI=1S/C24H38O10/c1-17(2)21(27)33-31-15-23(5,6)13-29-19(25)11-9-10-12-20(26)30-14-24(7,8)16-32-34-22(28)18(3)4/h1,3,9-16H2,2,4-8H3. The predicted molar refractivity (Wildman–Crippen MR) is 122 cm³/mol. The van der Waals surface area contributed by atoms with Crippen LogP contribution in [-0.2, 0) is 48.2 Å². The molecule has 0 aliphatic carbocycles. The van der Waals surface area contributed by atoms with E-state index in [2.05, 4.69) is 22.9 Å². The van der Waals surface area contributed by atoms with E-state index in [0.29, 0.717) is 12.8 Å². The largest absolute Gasteiger partial charge is 0.465 e. The highest BCUT2D eigenvalue weighted by molar-refractivity contribution is 5.86. The van der Waals surface area contributed by atoms with E-state index in [4.69, 9.17) is 19.2 Å². The first kappa shape index (κ1) is 31.3. The van der Waals surface area contributed by atoms with E-state index in [1.54, 1.807) is 27.7 Å². The Morgan fingerprint density at radius 2 is 0.941 bits per heavy atom. The van der Waals surface area contributed by atoms with Gasteiger partial charge in [-0.25, -0.2) is 9.59 Å². The highest BCUT2D eigenvalue weighted by Gasteiger charge is 2.24. The highest BCUT2D eigenvalue weighted by atomic mass is 17.2. The highest BCUT2D eigenvalue weighted by Crippen LogP contribution is 2.18. The normalized spacial score (nSPS) is 11.4. The van der Waals surface area contributed by atoms with E-state index < -0.39 is 34.7 Å². The van der Waals surface area contributed by atoms with Crippen molar-refractivity contribution in [1.82, 2.24) is 0 Å². The number of carbonyl (C=O) groups is 4. The van der Waals surface area contributed by atoms with Crippen LogP contribution in [0.4, 0.5) is 0 Å². The van der Waals surface area contributed by atoms with Crippen LogP contribution in [0.3, 0.4) is 0 Å². The van der Waals surface area contributed by atoms with Gasteiger partial charge in [-0.1, -0.05) is 40.9 Å². The second-order valence-electron chi connectivity index (χ2n) is 9.68. The lowest BCUT2D eigenvalue weighted by Gasteiger charge is -2.23. The van der Waals surface area contributed by atoms with Crippen molar-refractivity contribution in [3.05, 3.63) is 24.3 Å². The van der Waals surface area contributed by atoms with Crippen molar-refractivity contribution in [3.8, 4) is 0 Å². The zero-order chi connectivity index (χ0) is 26.4. The zero-order valence-corrected chi connectivity index (χ0v) is 21.2. The van der Waals surface area contributed by atoms with Gasteiger partial charge in [-0.2, -0.15) is 9.78 Å². The third kappa shape index (κ3) is 16.0. The van der Waals surface area contributed by atoms with E-state index in [9.17, 15) is 19.2 Å². The molecule has 0 unspecified atom stereocenters. The van der Waals surface area contributed by atoms with E-state index in [-0.39, 0.29) is 50.4 Å². The molecule has 0 aliphatic heterocycles. The summed E-state index contributed by atoms with van der Waals surface area (Å²) in [4.78, 5) is 65.3. The molecule has 0 N–H and O–H groups in total. The Morgan fingerprint density at radius 3 is 1.24 bits per heavy atom. The molecular weight excluding hydrogens is 448 g/mol. The Morgan fingerprint density at radius 1 is 0.618 bits per heavy atom. The molecule has 194 valence electrons. The van der Waals surface area contributed by atoms with Crippen LogP contribution in [0.15, 0.2) is 24.3 Å². The Balaban J connectivity index is 3.99. The summed E-state index contributed by atoms with van der Waals surface area (Å²) in [7, 11) is 0. The maximum absolute atomic E-state index is 11.9. The van der Waals surface area contributed by atoms with Crippen LogP contribution in [0.5, 0.6) is 0 Å². The van der Waals surface area contributed by atoms with Gasteiger partial charge >= 0.3 is 23.9 Å². The van der Waals surface area contributed by atoms with Gasteiger partial charge in [0.05, 0.1) is 13.2 Å². The number of carbonyl (C=O) groups excluding carboxylic acids is 4. The average molecular weight is 487 g/mol. The molecule has 0 bridgehead atoms. The quantitative estimate of drug-likeness (QED) is 0.0986. The minimum atomic E-state index is -0.660. The second-order valence-corrected chi connectivity index (χ2v) is 9.68.